The van der Waals surface area contributed by atoms with Crippen LogP contribution in [0.25, 0.3) is 0 Å². The Kier molecular flexibility index (Phi) is 5.85. The fourth-order valence-corrected chi connectivity index (χ4v) is 1.67. The summed E-state index contributed by atoms with van der Waals surface area (Å²) in [5.41, 5.74) is 0.940. The van der Waals surface area contributed by atoms with Crippen molar-refractivity contribution in [2.24, 2.45) is 0 Å². The van der Waals surface area contributed by atoms with E-state index in [1.807, 2.05) is 32.0 Å². The molecule has 0 fully saturated rings. The summed E-state index contributed by atoms with van der Waals surface area (Å²) in [6, 6.07) is 7.39. The molecule has 5 heteroatoms. The summed E-state index contributed by atoms with van der Waals surface area (Å²) in [5, 5.41) is 8.75. The Morgan fingerprint density at radius 1 is 1.32 bits per heavy atom. The summed E-state index contributed by atoms with van der Waals surface area (Å²) < 4.78 is 5.42. The van der Waals surface area contributed by atoms with Crippen molar-refractivity contribution in [2.75, 3.05) is 19.7 Å². The fourth-order valence-electron chi connectivity index (χ4n) is 1.67. The van der Waals surface area contributed by atoms with Gasteiger partial charge in [-0.2, -0.15) is 0 Å². The van der Waals surface area contributed by atoms with Gasteiger partial charge in [-0.3, -0.25) is 9.59 Å². The Hall–Kier alpha value is -2.04. The van der Waals surface area contributed by atoms with E-state index in [-0.39, 0.29) is 19.1 Å². The van der Waals surface area contributed by atoms with Gasteiger partial charge < -0.3 is 14.7 Å². The molecule has 5 nitrogen and oxygen atoms in total. The van der Waals surface area contributed by atoms with Crippen molar-refractivity contribution < 1.29 is 19.4 Å². The van der Waals surface area contributed by atoms with Gasteiger partial charge in [-0.15, -0.1) is 0 Å². The van der Waals surface area contributed by atoms with Crippen LogP contribution in [0.5, 0.6) is 5.75 Å². The minimum absolute atomic E-state index is 0.141. The van der Waals surface area contributed by atoms with Crippen molar-refractivity contribution in [3.8, 4) is 5.75 Å². The molecule has 1 rings (SSSR count). The maximum Gasteiger partial charge on any atom is 0.323 e. The molecule has 0 aromatic heterocycles. The Balaban J connectivity index is 2.57. The number of nitrogens with zero attached hydrogens (tertiary/aromatic N) is 1. The fraction of sp³-hybridized carbons (Fsp3) is 0.429. The zero-order valence-corrected chi connectivity index (χ0v) is 11.3. The third-order valence-corrected chi connectivity index (χ3v) is 2.62. The number of carbonyl (C=O) groups excluding carboxylic acids is 1. The van der Waals surface area contributed by atoms with Gasteiger partial charge >= 0.3 is 5.97 Å². The predicted molar refractivity (Wildman–Crippen MR) is 71.2 cm³/mol. The molecule has 0 aliphatic rings. The van der Waals surface area contributed by atoms with Crippen molar-refractivity contribution in [2.45, 2.75) is 20.3 Å². The van der Waals surface area contributed by atoms with Crippen molar-refractivity contribution >= 4 is 11.9 Å². The van der Waals surface area contributed by atoms with Gasteiger partial charge in [-0.1, -0.05) is 25.1 Å². The maximum atomic E-state index is 11.9. The summed E-state index contributed by atoms with van der Waals surface area (Å²) in [6.45, 7) is 3.77. The van der Waals surface area contributed by atoms with Crippen LogP contribution in [0.4, 0.5) is 0 Å². The van der Waals surface area contributed by atoms with E-state index in [1.54, 1.807) is 6.07 Å². The molecule has 0 spiro atoms. The average Bonchev–Trinajstić information content (AvgIpc) is 2.36. The molecule has 0 unspecified atom stereocenters. The summed E-state index contributed by atoms with van der Waals surface area (Å²) in [4.78, 5) is 23.9. The van der Waals surface area contributed by atoms with Gasteiger partial charge in [-0.05, 0) is 25.0 Å². The molecule has 1 amide bonds. The molecular formula is C14H19NO4. The van der Waals surface area contributed by atoms with E-state index in [0.29, 0.717) is 18.7 Å². The molecule has 1 aromatic rings. The number of aryl methyl sites for hydroxylation is 1. The van der Waals surface area contributed by atoms with Crippen molar-refractivity contribution in [1.29, 1.82) is 0 Å². The van der Waals surface area contributed by atoms with Crippen LogP contribution in [0.1, 0.15) is 18.9 Å². The van der Waals surface area contributed by atoms with Crippen LogP contribution in [0, 0.1) is 6.92 Å². The van der Waals surface area contributed by atoms with Crippen LogP contribution >= 0.6 is 0 Å². The Morgan fingerprint density at radius 2 is 2.00 bits per heavy atom. The highest BCUT2D eigenvalue weighted by Gasteiger charge is 2.16. The second-order valence-corrected chi connectivity index (χ2v) is 4.26. The van der Waals surface area contributed by atoms with E-state index in [2.05, 4.69) is 0 Å². The van der Waals surface area contributed by atoms with Crippen molar-refractivity contribution in [3.05, 3.63) is 29.8 Å². The standard InChI is InChI=1S/C14H19NO4/c1-3-8-15(9-14(17)18)13(16)10-19-12-7-5-4-6-11(12)2/h4-7H,3,8-10H2,1-2H3,(H,17,18). The van der Waals surface area contributed by atoms with Gasteiger partial charge in [0.05, 0.1) is 0 Å². The number of carboxylic acid groups (broad SMARTS) is 1. The normalized spacial score (nSPS) is 10.0. The highest BCUT2D eigenvalue weighted by atomic mass is 16.5. The van der Waals surface area contributed by atoms with Gasteiger partial charge in [0.1, 0.15) is 12.3 Å². The molecule has 0 atom stereocenters. The first kappa shape index (κ1) is 15.0. The number of para-hydroxylation sites is 1. The molecule has 19 heavy (non-hydrogen) atoms. The number of hydrogen-bond donors (Lipinski definition) is 1. The Labute approximate surface area is 112 Å². The molecule has 0 saturated carbocycles. The van der Waals surface area contributed by atoms with Gasteiger partial charge in [0.15, 0.2) is 6.61 Å². The first-order chi connectivity index (χ1) is 9.04. The summed E-state index contributed by atoms with van der Waals surface area (Å²) in [5.74, 6) is -0.687. The zero-order chi connectivity index (χ0) is 14.3. The van der Waals surface area contributed by atoms with E-state index < -0.39 is 5.97 Å². The lowest BCUT2D eigenvalue weighted by Gasteiger charge is -2.20. The molecule has 0 aliphatic heterocycles. The number of ether oxygens (including phenoxy) is 1. The molecule has 0 bridgehead atoms. The minimum atomic E-state index is -1.02. The van der Waals surface area contributed by atoms with Crippen LogP contribution in [-0.4, -0.2) is 41.6 Å². The van der Waals surface area contributed by atoms with Crippen LogP contribution in [0.3, 0.4) is 0 Å². The van der Waals surface area contributed by atoms with Crippen molar-refractivity contribution in [1.82, 2.24) is 4.90 Å². The quantitative estimate of drug-likeness (QED) is 0.814. The third-order valence-electron chi connectivity index (χ3n) is 2.62. The lowest BCUT2D eigenvalue weighted by Crippen LogP contribution is -2.39. The second-order valence-electron chi connectivity index (χ2n) is 4.26. The number of rotatable bonds is 7. The van der Waals surface area contributed by atoms with E-state index in [4.69, 9.17) is 9.84 Å². The molecule has 0 saturated heterocycles. The zero-order valence-electron chi connectivity index (χ0n) is 11.3. The highest BCUT2D eigenvalue weighted by molar-refractivity contribution is 5.82. The number of hydrogen-bond acceptors (Lipinski definition) is 3. The maximum absolute atomic E-state index is 11.9. The summed E-state index contributed by atoms with van der Waals surface area (Å²) >= 11 is 0. The molecule has 1 N–H and O–H groups in total. The van der Waals surface area contributed by atoms with Gasteiger partial charge in [0.25, 0.3) is 5.91 Å². The summed E-state index contributed by atoms with van der Waals surface area (Å²) in [7, 11) is 0. The number of benzene rings is 1. The van der Waals surface area contributed by atoms with E-state index in [9.17, 15) is 9.59 Å². The van der Waals surface area contributed by atoms with Gasteiger partial charge in [0.2, 0.25) is 0 Å². The predicted octanol–water partition coefficient (Wildman–Crippen LogP) is 1.70. The summed E-state index contributed by atoms with van der Waals surface area (Å²) in [6.07, 6.45) is 0.712. The molecule has 0 aliphatic carbocycles. The lowest BCUT2D eigenvalue weighted by molar-refractivity contribution is -0.145. The minimum Gasteiger partial charge on any atom is -0.484 e. The SMILES string of the molecule is CCCN(CC(=O)O)C(=O)COc1ccccc1C. The van der Waals surface area contributed by atoms with Gasteiger partial charge in [0, 0.05) is 6.54 Å². The topological polar surface area (TPSA) is 66.8 Å². The first-order valence-corrected chi connectivity index (χ1v) is 6.22. The Bertz CT molecular complexity index is 445. The smallest absolute Gasteiger partial charge is 0.323 e. The number of carboxylic acids is 1. The van der Waals surface area contributed by atoms with E-state index in [0.717, 1.165) is 5.56 Å². The monoisotopic (exact) mass is 265 g/mol. The molecule has 0 heterocycles. The third kappa shape index (κ3) is 4.99. The van der Waals surface area contributed by atoms with Crippen LogP contribution in [-0.2, 0) is 9.59 Å². The highest BCUT2D eigenvalue weighted by Crippen LogP contribution is 2.16. The largest absolute Gasteiger partial charge is 0.484 e. The molecule has 1 aromatic carbocycles. The lowest BCUT2D eigenvalue weighted by atomic mass is 10.2. The number of amides is 1. The van der Waals surface area contributed by atoms with Gasteiger partial charge in [-0.25, -0.2) is 0 Å². The van der Waals surface area contributed by atoms with Crippen LogP contribution in [0.2, 0.25) is 0 Å². The van der Waals surface area contributed by atoms with Crippen LogP contribution in [0.15, 0.2) is 24.3 Å². The van der Waals surface area contributed by atoms with E-state index in [1.165, 1.54) is 4.90 Å². The molecular weight excluding hydrogens is 246 g/mol. The van der Waals surface area contributed by atoms with Crippen molar-refractivity contribution in [3.63, 3.8) is 0 Å². The van der Waals surface area contributed by atoms with Crippen LogP contribution < -0.4 is 4.74 Å². The molecule has 104 valence electrons. The van der Waals surface area contributed by atoms with E-state index >= 15 is 0 Å². The number of aliphatic carboxylic acids is 1. The Morgan fingerprint density at radius 3 is 2.58 bits per heavy atom. The number of carbonyl (C=O) groups is 2. The first-order valence-electron chi connectivity index (χ1n) is 6.22. The average molecular weight is 265 g/mol. The molecule has 0 radical (unpaired) electrons. The second kappa shape index (κ2) is 7.41.